The van der Waals surface area contributed by atoms with Crippen LogP contribution in [-0.4, -0.2) is 36.1 Å². The third-order valence-corrected chi connectivity index (χ3v) is 5.54. The maximum absolute atomic E-state index is 12.8. The average Bonchev–Trinajstić information content (AvgIpc) is 3.17. The number of piperidine rings is 1. The molecular formula is C23H25NO4. The molecule has 1 saturated heterocycles. The standard InChI is InChI=1S/C23H25NO4/c1-15(23(26)24-10-4-3-5-11-24)16-7-9-20-18(12-16)14-21(28-20)17-6-8-19(25)22(13-17)27-2/h6-9,12-15,25H,3-5,10-11H2,1-2H3. The van der Waals surface area contributed by atoms with E-state index in [4.69, 9.17) is 9.15 Å². The predicted octanol–water partition coefficient (Wildman–Crippen LogP) is 4.93. The summed E-state index contributed by atoms with van der Waals surface area (Å²) in [5.41, 5.74) is 2.59. The fraction of sp³-hybridized carbons (Fsp3) is 0.348. The van der Waals surface area contributed by atoms with Crippen LogP contribution in [0, 0.1) is 0 Å². The molecule has 4 rings (SSSR count). The molecule has 1 aromatic heterocycles. The van der Waals surface area contributed by atoms with Crippen molar-refractivity contribution in [2.75, 3.05) is 20.2 Å². The number of hydrogen-bond donors (Lipinski definition) is 1. The number of methoxy groups -OCH3 is 1. The van der Waals surface area contributed by atoms with Crippen LogP contribution in [-0.2, 0) is 4.79 Å². The molecule has 1 amide bonds. The molecular weight excluding hydrogens is 354 g/mol. The Hall–Kier alpha value is -2.95. The maximum atomic E-state index is 12.8. The molecule has 5 nitrogen and oxygen atoms in total. The van der Waals surface area contributed by atoms with Gasteiger partial charge >= 0.3 is 0 Å². The zero-order chi connectivity index (χ0) is 19.7. The highest BCUT2D eigenvalue weighted by molar-refractivity contribution is 5.88. The van der Waals surface area contributed by atoms with Gasteiger partial charge in [-0.2, -0.15) is 0 Å². The molecule has 2 aromatic carbocycles. The van der Waals surface area contributed by atoms with Crippen molar-refractivity contribution < 1.29 is 19.1 Å². The third kappa shape index (κ3) is 3.44. The Morgan fingerprint density at radius 2 is 1.89 bits per heavy atom. The first kappa shape index (κ1) is 18.4. The normalized spacial score (nSPS) is 15.6. The summed E-state index contributed by atoms with van der Waals surface area (Å²) in [7, 11) is 1.52. The largest absolute Gasteiger partial charge is 0.504 e. The van der Waals surface area contributed by atoms with Gasteiger partial charge in [-0.25, -0.2) is 0 Å². The van der Waals surface area contributed by atoms with Crippen molar-refractivity contribution in [2.24, 2.45) is 0 Å². The molecule has 0 saturated carbocycles. The Morgan fingerprint density at radius 1 is 1.11 bits per heavy atom. The van der Waals surface area contributed by atoms with Crippen molar-refractivity contribution in [1.82, 2.24) is 4.90 Å². The van der Waals surface area contributed by atoms with E-state index in [1.54, 1.807) is 18.2 Å². The lowest BCUT2D eigenvalue weighted by Gasteiger charge is -2.29. The van der Waals surface area contributed by atoms with Gasteiger partial charge in [-0.3, -0.25) is 4.79 Å². The first-order chi connectivity index (χ1) is 13.6. The Labute approximate surface area is 164 Å². The lowest BCUT2D eigenvalue weighted by molar-refractivity contribution is -0.133. The van der Waals surface area contributed by atoms with E-state index in [9.17, 15) is 9.90 Å². The third-order valence-electron chi connectivity index (χ3n) is 5.54. The van der Waals surface area contributed by atoms with E-state index in [1.807, 2.05) is 36.1 Å². The van der Waals surface area contributed by atoms with Gasteiger partial charge in [0.05, 0.1) is 13.0 Å². The summed E-state index contributed by atoms with van der Waals surface area (Å²) in [6.45, 7) is 3.71. The predicted molar refractivity (Wildman–Crippen MR) is 109 cm³/mol. The highest BCUT2D eigenvalue weighted by atomic mass is 16.5. The van der Waals surface area contributed by atoms with Crippen LogP contribution in [0.3, 0.4) is 0 Å². The van der Waals surface area contributed by atoms with Crippen molar-refractivity contribution in [3.05, 3.63) is 48.0 Å². The van der Waals surface area contributed by atoms with Crippen LogP contribution >= 0.6 is 0 Å². The van der Waals surface area contributed by atoms with Crippen molar-refractivity contribution in [1.29, 1.82) is 0 Å². The van der Waals surface area contributed by atoms with Crippen molar-refractivity contribution in [2.45, 2.75) is 32.1 Å². The molecule has 146 valence electrons. The first-order valence-corrected chi connectivity index (χ1v) is 9.76. The molecule has 0 bridgehead atoms. The second-order valence-corrected chi connectivity index (χ2v) is 7.40. The molecule has 1 unspecified atom stereocenters. The van der Waals surface area contributed by atoms with Gasteiger partial charge in [-0.15, -0.1) is 0 Å². The van der Waals surface area contributed by atoms with Crippen molar-refractivity contribution >= 4 is 16.9 Å². The minimum absolute atomic E-state index is 0.0923. The van der Waals surface area contributed by atoms with Crippen LogP contribution in [0.1, 0.15) is 37.7 Å². The topological polar surface area (TPSA) is 62.9 Å². The lowest BCUT2D eigenvalue weighted by atomic mass is 9.97. The summed E-state index contributed by atoms with van der Waals surface area (Å²) < 4.78 is 11.2. The molecule has 0 radical (unpaired) electrons. The van der Waals surface area contributed by atoms with Crippen LogP contribution in [0.25, 0.3) is 22.3 Å². The maximum Gasteiger partial charge on any atom is 0.229 e. The zero-order valence-corrected chi connectivity index (χ0v) is 16.3. The van der Waals surface area contributed by atoms with E-state index in [-0.39, 0.29) is 17.6 Å². The number of aromatic hydroxyl groups is 1. The number of rotatable bonds is 4. The van der Waals surface area contributed by atoms with E-state index >= 15 is 0 Å². The average molecular weight is 379 g/mol. The summed E-state index contributed by atoms with van der Waals surface area (Å²) >= 11 is 0. The van der Waals surface area contributed by atoms with Crippen molar-refractivity contribution in [3.63, 3.8) is 0 Å². The minimum Gasteiger partial charge on any atom is -0.504 e. The van der Waals surface area contributed by atoms with Crippen LogP contribution in [0.2, 0.25) is 0 Å². The van der Waals surface area contributed by atoms with Gasteiger partial charge in [-0.05, 0) is 68.1 Å². The molecule has 1 atom stereocenters. The van der Waals surface area contributed by atoms with Gasteiger partial charge in [0.25, 0.3) is 0 Å². The van der Waals surface area contributed by atoms with Crippen LogP contribution in [0.4, 0.5) is 0 Å². The summed E-state index contributed by atoms with van der Waals surface area (Å²) in [5.74, 6) is 1.22. The number of amides is 1. The number of fused-ring (bicyclic) bond motifs is 1. The zero-order valence-electron chi connectivity index (χ0n) is 16.3. The number of phenolic OH excluding ortho intramolecular Hbond substituents is 1. The molecule has 0 aliphatic carbocycles. The fourth-order valence-electron chi connectivity index (χ4n) is 3.84. The number of phenols is 1. The minimum atomic E-state index is -0.172. The van der Waals surface area contributed by atoms with E-state index in [0.717, 1.165) is 48.0 Å². The molecule has 0 spiro atoms. The summed E-state index contributed by atoms with van der Waals surface area (Å²) in [5, 5.41) is 10.7. The van der Waals surface area contributed by atoms with Gasteiger partial charge in [0.2, 0.25) is 5.91 Å². The smallest absolute Gasteiger partial charge is 0.229 e. The molecule has 5 heteroatoms. The Balaban J connectivity index is 1.62. The van der Waals surface area contributed by atoms with Crippen molar-refractivity contribution in [3.8, 4) is 22.8 Å². The van der Waals surface area contributed by atoms with Crippen LogP contribution in [0.15, 0.2) is 46.9 Å². The van der Waals surface area contributed by atoms with Gasteiger partial charge in [0.1, 0.15) is 11.3 Å². The number of carbonyl (C=O) groups excluding carboxylic acids is 1. The SMILES string of the molecule is COc1cc(-c2cc3cc(C(C)C(=O)N4CCCCC4)ccc3o2)ccc1O. The second-order valence-electron chi connectivity index (χ2n) is 7.40. The van der Waals surface area contributed by atoms with E-state index in [0.29, 0.717) is 11.5 Å². The number of carbonyl (C=O) groups is 1. The van der Waals surface area contributed by atoms with Gasteiger partial charge in [-0.1, -0.05) is 6.07 Å². The Morgan fingerprint density at radius 3 is 2.64 bits per heavy atom. The summed E-state index contributed by atoms with van der Waals surface area (Å²) in [6.07, 6.45) is 3.40. The summed E-state index contributed by atoms with van der Waals surface area (Å²) in [4.78, 5) is 14.8. The number of likely N-dealkylation sites (tertiary alicyclic amines) is 1. The number of nitrogens with zero attached hydrogens (tertiary/aromatic N) is 1. The molecule has 2 heterocycles. The Bertz CT molecular complexity index is 1000. The number of furan rings is 1. The molecule has 3 aromatic rings. The van der Waals surface area contributed by atoms with E-state index in [2.05, 4.69) is 0 Å². The van der Waals surface area contributed by atoms with Gasteiger partial charge in [0.15, 0.2) is 11.5 Å². The molecule has 1 aliphatic rings. The molecule has 1 aliphatic heterocycles. The number of ether oxygens (including phenoxy) is 1. The van der Waals surface area contributed by atoms with Crippen LogP contribution in [0.5, 0.6) is 11.5 Å². The highest BCUT2D eigenvalue weighted by Gasteiger charge is 2.23. The first-order valence-electron chi connectivity index (χ1n) is 9.76. The fourth-order valence-corrected chi connectivity index (χ4v) is 3.84. The summed E-state index contributed by atoms with van der Waals surface area (Å²) in [6, 6.07) is 13.0. The number of hydrogen-bond acceptors (Lipinski definition) is 4. The van der Waals surface area contributed by atoms with Gasteiger partial charge in [0, 0.05) is 24.0 Å². The van der Waals surface area contributed by atoms with Gasteiger partial charge < -0.3 is 19.2 Å². The Kier molecular flexibility index (Phi) is 4.99. The molecule has 28 heavy (non-hydrogen) atoms. The van der Waals surface area contributed by atoms with E-state index < -0.39 is 0 Å². The molecule has 1 fully saturated rings. The highest BCUT2D eigenvalue weighted by Crippen LogP contribution is 2.35. The monoisotopic (exact) mass is 379 g/mol. The second kappa shape index (κ2) is 7.58. The van der Waals surface area contributed by atoms with E-state index in [1.165, 1.54) is 13.5 Å². The number of benzene rings is 2. The molecule has 1 N–H and O–H groups in total. The quantitative estimate of drug-likeness (QED) is 0.698. The lowest BCUT2D eigenvalue weighted by Crippen LogP contribution is -2.38. The van der Waals surface area contributed by atoms with Crippen LogP contribution < -0.4 is 4.74 Å².